The van der Waals surface area contributed by atoms with Gasteiger partial charge < -0.3 is 0 Å². The van der Waals surface area contributed by atoms with Crippen molar-refractivity contribution in [2.45, 2.75) is 33.1 Å². The highest BCUT2D eigenvalue weighted by atomic mass is 16.1. The lowest BCUT2D eigenvalue weighted by Gasteiger charge is -2.30. The van der Waals surface area contributed by atoms with Crippen LogP contribution in [0.15, 0.2) is 12.7 Å². The highest BCUT2D eigenvalue weighted by Crippen LogP contribution is 2.34. The minimum Gasteiger partial charge on any atom is -0.298 e. The molecule has 0 spiro atoms. The summed E-state index contributed by atoms with van der Waals surface area (Å²) in [5.74, 6) is 0.710. The van der Waals surface area contributed by atoms with Gasteiger partial charge in [-0.15, -0.1) is 6.58 Å². The van der Waals surface area contributed by atoms with Gasteiger partial charge in [-0.3, -0.25) is 4.79 Å². The first-order valence-electron chi connectivity index (χ1n) is 4.26. The fraction of sp³-hybridized carbons (Fsp3) is 0.700. The number of allylic oxidation sites excluding steroid dienone is 1. The summed E-state index contributed by atoms with van der Waals surface area (Å²) in [6.45, 7) is 7.56. The summed E-state index contributed by atoms with van der Waals surface area (Å²) < 4.78 is 0. The lowest BCUT2D eigenvalue weighted by molar-refractivity contribution is -0.131. The van der Waals surface area contributed by atoms with Crippen LogP contribution in [0.5, 0.6) is 0 Å². The number of Topliss-reactive ketones (excluding diaryl/α,β-unsaturated/α-hetero) is 1. The van der Waals surface area contributed by atoms with E-state index in [1.165, 1.54) is 6.42 Å². The maximum atomic E-state index is 11.6. The molecule has 0 aromatic rings. The van der Waals surface area contributed by atoms with Crippen LogP contribution in [0.3, 0.4) is 0 Å². The van der Waals surface area contributed by atoms with Gasteiger partial charge in [0.15, 0.2) is 0 Å². The van der Waals surface area contributed by atoms with Crippen molar-refractivity contribution >= 4 is 5.78 Å². The van der Waals surface area contributed by atoms with Gasteiger partial charge in [0.1, 0.15) is 5.78 Å². The predicted molar refractivity (Wildman–Crippen MR) is 46.3 cm³/mol. The molecule has 0 amide bonds. The lowest BCUT2D eigenvalue weighted by atomic mass is 9.72. The quantitative estimate of drug-likeness (QED) is 0.568. The van der Waals surface area contributed by atoms with Crippen molar-refractivity contribution in [3.63, 3.8) is 0 Å². The molecule has 1 nitrogen and oxygen atoms in total. The summed E-state index contributed by atoms with van der Waals surface area (Å²) in [6.07, 6.45) is 5.17. The number of rotatable bonds is 3. The van der Waals surface area contributed by atoms with Crippen molar-refractivity contribution in [3.8, 4) is 0 Å². The van der Waals surface area contributed by atoms with Crippen molar-refractivity contribution in [2.24, 2.45) is 11.3 Å². The van der Waals surface area contributed by atoms with E-state index in [2.05, 4.69) is 6.58 Å². The van der Waals surface area contributed by atoms with E-state index >= 15 is 0 Å². The molecule has 1 fully saturated rings. The first-order chi connectivity index (χ1) is 5.08. The Morgan fingerprint density at radius 2 is 2.09 bits per heavy atom. The van der Waals surface area contributed by atoms with Crippen molar-refractivity contribution in [1.82, 2.24) is 0 Å². The maximum absolute atomic E-state index is 11.6. The van der Waals surface area contributed by atoms with Crippen LogP contribution in [0.1, 0.15) is 33.1 Å². The summed E-state index contributed by atoms with van der Waals surface area (Å²) in [4.78, 5) is 11.6. The standard InChI is InChI=1S/C10H16O/c1-4-10(2,3)9(11)8-6-5-7-8/h4,8H,1,5-7H2,2-3H3. The van der Waals surface area contributed by atoms with Crippen LogP contribution in [0.4, 0.5) is 0 Å². The Labute approximate surface area is 68.5 Å². The van der Waals surface area contributed by atoms with Crippen molar-refractivity contribution < 1.29 is 4.79 Å². The average molecular weight is 152 g/mol. The SMILES string of the molecule is C=CC(C)(C)C(=O)C1CCC1. The van der Waals surface area contributed by atoms with Gasteiger partial charge in [0.2, 0.25) is 0 Å². The minimum absolute atomic E-state index is 0.301. The van der Waals surface area contributed by atoms with Gasteiger partial charge in [-0.1, -0.05) is 12.5 Å². The van der Waals surface area contributed by atoms with Crippen molar-refractivity contribution in [3.05, 3.63) is 12.7 Å². The lowest BCUT2D eigenvalue weighted by Crippen LogP contribution is -2.33. The molecule has 1 aliphatic rings. The first-order valence-corrected chi connectivity index (χ1v) is 4.26. The first kappa shape index (κ1) is 8.51. The van der Waals surface area contributed by atoms with Crippen LogP contribution in [-0.2, 0) is 4.79 Å². The molecule has 0 aromatic carbocycles. The van der Waals surface area contributed by atoms with Crippen LogP contribution in [-0.4, -0.2) is 5.78 Å². The minimum atomic E-state index is -0.301. The summed E-state index contributed by atoms with van der Waals surface area (Å²) >= 11 is 0. The fourth-order valence-corrected chi connectivity index (χ4v) is 1.30. The molecule has 1 saturated carbocycles. The van der Waals surface area contributed by atoms with E-state index < -0.39 is 0 Å². The predicted octanol–water partition coefficient (Wildman–Crippen LogP) is 2.57. The molecule has 62 valence electrons. The van der Waals surface area contributed by atoms with E-state index in [1.54, 1.807) is 6.08 Å². The number of carbonyl (C=O) groups excluding carboxylic acids is 1. The zero-order valence-electron chi connectivity index (χ0n) is 7.39. The van der Waals surface area contributed by atoms with Crippen LogP contribution >= 0.6 is 0 Å². The van der Waals surface area contributed by atoms with Crippen molar-refractivity contribution in [1.29, 1.82) is 0 Å². The highest BCUT2D eigenvalue weighted by Gasteiger charge is 2.34. The fourth-order valence-electron chi connectivity index (χ4n) is 1.30. The monoisotopic (exact) mass is 152 g/mol. The molecule has 0 atom stereocenters. The van der Waals surface area contributed by atoms with Crippen LogP contribution in [0.25, 0.3) is 0 Å². The van der Waals surface area contributed by atoms with E-state index in [9.17, 15) is 4.79 Å². The molecular weight excluding hydrogens is 136 g/mol. The zero-order valence-corrected chi connectivity index (χ0v) is 7.39. The van der Waals surface area contributed by atoms with Gasteiger partial charge in [0.05, 0.1) is 0 Å². The van der Waals surface area contributed by atoms with Gasteiger partial charge in [0.25, 0.3) is 0 Å². The second-order valence-corrected chi connectivity index (χ2v) is 3.92. The summed E-state index contributed by atoms with van der Waals surface area (Å²) in [5.41, 5.74) is -0.301. The Balaban J connectivity index is 2.58. The molecule has 0 bridgehead atoms. The average Bonchev–Trinajstić information content (AvgIpc) is 1.84. The largest absolute Gasteiger partial charge is 0.298 e. The number of ketones is 1. The molecule has 1 aliphatic carbocycles. The Morgan fingerprint density at radius 1 is 1.55 bits per heavy atom. The van der Waals surface area contributed by atoms with E-state index in [-0.39, 0.29) is 5.41 Å². The molecule has 0 heterocycles. The Morgan fingerprint density at radius 3 is 2.36 bits per heavy atom. The molecule has 0 aromatic heterocycles. The van der Waals surface area contributed by atoms with Gasteiger partial charge in [0, 0.05) is 11.3 Å². The molecule has 0 N–H and O–H groups in total. The molecule has 1 heteroatoms. The third-order valence-electron chi connectivity index (χ3n) is 2.62. The summed E-state index contributed by atoms with van der Waals surface area (Å²) in [7, 11) is 0. The Bertz CT molecular complexity index is 175. The Hall–Kier alpha value is -0.590. The number of hydrogen-bond acceptors (Lipinski definition) is 1. The van der Waals surface area contributed by atoms with Gasteiger partial charge in [-0.2, -0.15) is 0 Å². The van der Waals surface area contributed by atoms with E-state index in [1.807, 2.05) is 13.8 Å². The van der Waals surface area contributed by atoms with E-state index in [0.717, 1.165) is 12.8 Å². The molecule has 0 saturated heterocycles. The second-order valence-electron chi connectivity index (χ2n) is 3.92. The number of carbonyl (C=O) groups is 1. The Kier molecular flexibility index (Phi) is 2.17. The second kappa shape index (κ2) is 2.80. The van der Waals surface area contributed by atoms with Gasteiger partial charge in [-0.05, 0) is 26.7 Å². The van der Waals surface area contributed by atoms with E-state index in [0.29, 0.717) is 11.7 Å². The topological polar surface area (TPSA) is 17.1 Å². The van der Waals surface area contributed by atoms with Crippen molar-refractivity contribution in [2.75, 3.05) is 0 Å². The van der Waals surface area contributed by atoms with Crippen LogP contribution < -0.4 is 0 Å². The third kappa shape index (κ3) is 1.52. The molecule has 1 rings (SSSR count). The highest BCUT2D eigenvalue weighted by molar-refractivity contribution is 5.88. The number of hydrogen-bond donors (Lipinski definition) is 0. The maximum Gasteiger partial charge on any atom is 0.145 e. The molecule has 0 aliphatic heterocycles. The van der Waals surface area contributed by atoms with Gasteiger partial charge in [-0.25, -0.2) is 0 Å². The van der Waals surface area contributed by atoms with Crippen LogP contribution in [0, 0.1) is 11.3 Å². The summed E-state index contributed by atoms with van der Waals surface area (Å²) in [5, 5.41) is 0. The molecule has 0 unspecified atom stereocenters. The normalized spacial score (nSPS) is 19.1. The van der Waals surface area contributed by atoms with Crippen LogP contribution in [0.2, 0.25) is 0 Å². The zero-order chi connectivity index (χ0) is 8.48. The summed E-state index contributed by atoms with van der Waals surface area (Å²) in [6, 6.07) is 0. The smallest absolute Gasteiger partial charge is 0.145 e. The molecule has 0 radical (unpaired) electrons. The van der Waals surface area contributed by atoms with E-state index in [4.69, 9.17) is 0 Å². The third-order valence-corrected chi connectivity index (χ3v) is 2.62. The molecule has 11 heavy (non-hydrogen) atoms. The molecular formula is C10H16O. The van der Waals surface area contributed by atoms with Gasteiger partial charge >= 0.3 is 0 Å².